The maximum atomic E-state index is 11.7. The van der Waals surface area contributed by atoms with Gasteiger partial charge < -0.3 is 29.9 Å². The topological polar surface area (TPSA) is 151 Å². The van der Waals surface area contributed by atoms with Gasteiger partial charge in [-0.05, 0) is 38.3 Å². The highest BCUT2D eigenvalue weighted by Gasteiger charge is 2.41. The number of unbranched alkanes of at least 4 members (excludes halogenated alkanes) is 1. The summed E-state index contributed by atoms with van der Waals surface area (Å²) in [4.78, 5) is 32.9. The van der Waals surface area contributed by atoms with Crippen LogP contribution < -0.4 is 4.74 Å². The van der Waals surface area contributed by atoms with E-state index in [1.165, 1.54) is 49.4 Å². The van der Waals surface area contributed by atoms with Crippen molar-refractivity contribution in [2.45, 2.75) is 95.3 Å². The van der Waals surface area contributed by atoms with E-state index in [1.807, 2.05) is 6.92 Å². The minimum absolute atomic E-state index is 0.0258. The molecule has 1 fully saturated rings. The molecule has 0 aromatic heterocycles. The molecule has 1 aliphatic heterocycles. The summed E-state index contributed by atoms with van der Waals surface area (Å²) in [6, 6.07) is 3.16. The van der Waals surface area contributed by atoms with Gasteiger partial charge in [0.25, 0.3) is 0 Å². The number of hydrogen-bond donors (Lipinski definition) is 4. The molecule has 0 bridgehead atoms. The first-order valence-electron chi connectivity index (χ1n) is 13.5. The molecule has 2 rings (SSSR count). The van der Waals surface area contributed by atoms with Gasteiger partial charge in [-0.1, -0.05) is 40.0 Å². The third-order valence-electron chi connectivity index (χ3n) is 6.02. The van der Waals surface area contributed by atoms with Crippen molar-refractivity contribution in [3.05, 3.63) is 23.3 Å². The number of Topliss-reactive ketones (excluding diaryl/α,β-unsaturated/α-hetero) is 1. The molecule has 1 aliphatic rings. The summed E-state index contributed by atoms with van der Waals surface area (Å²) < 4.78 is 11.6. The number of carbonyl (C=O) groups excluding carboxylic acids is 1. The standard InChI is InChI=1S/C24H34O9S2.C4H10/c1-3-4-19-20(6-5-18(15(2)25)23(19)31)32-11-16(26)13-34-14-17-12-33-24(35-17,9-7-21(27)28)10-8-22(29)30;1-3-4-2/h5-6,16-17,26,31H,3-4,7-14H2,1-2H3,(H,27,28)(H,29,30);3-4H2,1-2H3. The van der Waals surface area contributed by atoms with Gasteiger partial charge in [0.1, 0.15) is 23.0 Å². The zero-order valence-electron chi connectivity index (χ0n) is 23.4. The molecule has 4 N–H and O–H groups in total. The monoisotopic (exact) mass is 588 g/mol. The molecule has 0 saturated carbocycles. The zero-order chi connectivity index (χ0) is 29.4. The number of ether oxygens (including phenoxy) is 2. The zero-order valence-corrected chi connectivity index (χ0v) is 25.1. The Labute approximate surface area is 240 Å². The van der Waals surface area contributed by atoms with Gasteiger partial charge >= 0.3 is 11.9 Å². The first-order chi connectivity index (χ1) is 18.5. The summed E-state index contributed by atoms with van der Waals surface area (Å²) in [5.74, 6) is -0.708. The minimum atomic E-state index is -0.948. The number of phenolic OH excluding ortho intramolecular Hbond substituents is 1. The van der Waals surface area contributed by atoms with Crippen molar-refractivity contribution in [1.82, 2.24) is 0 Å². The number of rotatable bonds is 17. The molecule has 0 amide bonds. The van der Waals surface area contributed by atoms with Gasteiger partial charge in [-0.2, -0.15) is 11.8 Å². The van der Waals surface area contributed by atoms with Crippen LogP contribution in [0, 0.1) is 0 Å². The fourth-order valence-corrected chi connectivity index (χ4v) is 6.52. The Morgan fingerprint density at radius 2 is 1.72 bits per heavy atom. The third kappa shape index (κ3) is 12.8. The van der Waals surface area contributed by atoms with Crippen LogP contribution in [0.25, 0.3) is 0 Å². The fraction of sp³-hybridized carbons (Fsp3) is 0.679. The molecule has 2 atom stereocenters. The van der Waals surface area contributed by atoms with E-state index in [1.54, 1.807) is 6.07 Å². The molecule has 0 radical (unpaired) electrons. The maximum absolute atomic E-state index is 11.7. The van der Waals surface area contributed by atoms with Crippen LogP contribution in [0.2, 0.25) is 0 Å². The molecular weight excluding hydrogens is 544 g/mol. The van der Waals surface area contributed by atoms with Gasteiger partial charge in [-0.3, -0.25) is 14.4 Å². The number of thioether (sulfide) groups is 2. The number of hydrogen-bond acceptors (Lipinski definition) is 9. The molecule has 1 aromatic rings. The number of phenols is 1. The summed E-state index contributed by atoms with van der Waals surface area (Å²) >= 11 is 2.99. The summed E-state index contributed by atoms with van der Waals surface area (Å²) in [6.45, 7) is 8.13. The van der Waals surface area contributed by atoms with E-state index in [4.69, 9.17) is 19.7 Å². The quantitative estimate of drug-likeness (QED) is 0.174. The smallest absolute Gasteiger partial charge is 0.303 e. The van der Waals surface area contributed by atoms with Crippen molar-refractivity contribution < 1.29 is 44.3 Å². The predicted molar refractivity (Wildman–Crippen MR) is 155 cm³/mol. The molecule has 1 saturated heterocycles. The van der Waals surface area contributed by atoms with E-state index in [-0.39, 0.29) is 54.6 Å². The van der Waals surface area contributed by atoms with Crippen LogP contribution in [0.1, 0.15) is 88.6 Å². The Balaban J connectivity index is 0.00000177. The number of benzene rings is 1. The van der Waals surface area contributed by atoms with Crippen LogP contribution in [0.3, 0.4) is 0 Å². The van der Waals surface area contributed by atoms with E-state index in [2.05, 4.69) is 13.8 Å². The SMILES string of the molecule is CCCC.CCCc1c(OCC(O)CSCC2COC(CCC(=O)O)(CCC(=O)O)S2)ccc(C(C)=O)c1O. The second-order valence-electron chi connectivity index (χ2n) is 9.50. The van der Waals surface area contributed by atoms with E-state index in [9.17, 15) is 24.6 Å². The average Bonchev–Trinajstić information content (AvgIpc) is 3.30. The average molecular weight is 589 g/mol. The number of aromatic hydroxyl groups is 1. The second kappa shape index (κ2) is 18.4. The molecule has 0 spiro atoms. The molecular formula is C28H44O9S2. The lowest BCUT2D eigenvalue weighted by molar-refractivity contribution is -0.138. The fourth-order valence-electron chi connectivity index (χ4n) is 3.78. The van der Waals surface area contributed by atoms with Gasteiger partial charge in [0, 0.05) is 35.2 Å². The molecule has 0 aliphatic carbocycles. The second-order valence-corrected chi connectivity index (χ2v) is 12.2. The van der Waals surface area contributed by atoms with E-state index in [0.29, 0.717) is 35.8 Å². The van der Waals surface area contributed by atoms with Gasteiger partial charge in [-0.15, -0.1) is 11.8 Å². The first-order valence-corrected chi connectivity index (χ1v) is 15.5. The highest BCUT2D eigenvalue weighted by Crippen LogP contribution is 2.45. The molecule has 9 nitrogen and oxygen atoms in total. The molecule has 1 aromatic carbocycles. The third-order valence-corrected chi connectivity index (χ3v) is 9.08. The first kappa shape index (κ1) is 35.1. The lowest BCUT2D eigenvalue weighted by Gasteiger charge is -2.26. The molecule has 39 heavy (non-hydrogen) atoms. The van der Waals surface area contributed by atoms with Gasteiger partial charge in [0.2, 0.25) is 0 Å². The highest BCUT2D eigenvalue weighted by atomic mass is 32.2. The summed E-state index contributed by atoms with van der Waals surface area (Å²) in [6.07, 6.45) is 3.47. The van der Waals surface area contributed by atoms with Crippen LogP contribution >= 0.6 is 23.5 Å². The maximum Gasteiger partial charge on any atom is 0.303 e. The number of carboxylic acids is 2. The van der Waals surface area contributed by atoms with Crippen LogP contribution in [-0.4, -0.2) is 79.2 Å². The number of carbonyl (C=O) groups is 3. The summed E-state index contributed by atoms with van der Waals surface area (Å²) in [7, 11) is 0. The van der Waals surface area contributed by atoms with Gasteiger partial charge in [0.15, 0.2) is 5.78 Å². The van der Waals surface area contributed by atoms with Crippen molar-refractivity contribution in [2.75, 3.05) is 24.7 Å². The molecule has 11 heteroatoms. The summed E-state index contributed by atoms with van der Waals surface area (Å²) in [5, 5.41) is 38.9. The molecule has 222 valence electrons. The van der Waals surface area contributed by atoms with E-state index >= 15 is 0 Å². The van der Waals surface area contributed by atoms with Crippen LogP contribution in [0.4, 0.5) is 0 Å². The van der Waals surface area contributed by atoms with Crippen LogP contribution in [0.15, 0.2) is 12.1 Å². The number of aliphatic hydroxyl groups excluding tert-OH is 1. The van der Waals surface area contributed by atoms with Gasteiger partial charge in [0.05, 0.1) is 18.3 Å². The lowest BCUT2D eigenvalue weighted by atomic mass is 10.0. The Morgan fingerprint density at radius 1 is 1.10 bits per heavy atom. The summed E-state index contributed by atoms with van der Waals surface area (Å²) in [5.41, 5.74) is 0.801. The number of ketones is 1. The Hall–Kier alpha value is -1.95. The van der Waals surface area contributed by atoms with Crippen molar-refractivity contribution in [3.8, 4) is 11.5 Å². The number of aliphatic carboxylic acids is 2. The van der Waals surface area contributed by atoms with Crippen molar-refractivity contribution in [3.63, 3.8) is 0 Å². The van der Waals surface area contributed by atoms with Crippen LogP contribution in [-0.2, 0) is 20.7 Å². The highest BCUT2D eigenvalue weighted by molar-refractivity contribution is 8.04. The van der Waals surface area contributed by atoms with Crippen LogP contribution in [0.5, 0.6) is 11.5 Å². The molecule has 1 heterocycles. The van der Waals surface area contributed by atoms with Crippen molar-refractivity contribution in [1.29, 1.82) is 0 Å². The van der Waals surface area contributed by atoms with Gasteiger partial charge in [-0.25, -0.2) is 0 Å². The number of aliphatic hydroxyl groups is 1. The van der Waals surface area contributed by atoms with Crippen molar-refractivity contribution in [2.24, 2.45) is 0 Å². The Bertz CT molecular complexity index is 903. The normalized spacial score (nSPS) is 16.7. The minimum Gasteiger partial charge on any atom is -0.507 e. The Morgan fingerprint density at radius 3 is 2.23 bits per heavy atom. The molecule has 2 unspecified atom stereocenters. The lowest BCUT2D eigenvalue weighted by Crippen LogP contribution is -2.26. The van der Waals surface area contributed by atoms with E-state index < -0.39 is 23.0 Å². The van der Waals surface area contributed by atoms with E-state index in [0.717, 1.165) is 6.42 Å². The predicted octanol–water partition coefficient (Wildman–Crippen LogP) is 5.38. The largest absolute Gasteiger partial charge is 0.507 e. The Kier molecular flexibility index (Phi) is 16.6. The van der Waals surface area contributed by atoms with Crippen molar-refractivity contribution >= 4 is 41.2 Å². The number of carboxylic acid groups (broad SMARTS) is 2.